The number of urea groups is 1. The molecule has 0 spiro atoms. The summed E-state index contributed by atoms with van der Waals surface area (Å²) in [6, 6.07) is -0.227. The molecule has 2 N–H and O–H groups in total. The van der Waals surface area contributed by atoms with Crippen LogP contribution in [0.5, 0.6) is 0 Å². The Morgan fingerprint density at radius 3 is 2.61 bits per heavy atom. The normalized spacial score (nSPS) is 15.1. The SMILES string of the molecule is C#CCCCNC(=O)N(CC(=O)O)C1CCCC1. The zero-order valence-electron chi connectivity index (χ0n) is 10.5. The highest BCUT2D eigenvalue weighted by molar-refractivity contribution is 5.80. The number of carboxylic acid groups (broad SMARTS) is 1. The fraction of sp³-hybridized carbons (Fsp3) is 0.692. The lowest BCUT2D eigenvalue weighted by Crippen LogP contribution is -2.47. The summed E-state index contributed by atoms with van der Waals surface area (Å²) in [5, 5.41) is 11.6. The van der Waals surface area contributed by atoms with Gasteiger partial charge in [-0.1, -0.05) is 12.8 Å². The van der Waals surface area contributed by atoms with Gasteiger partial charge in [-0.05, 0) is 19.3 Å². The maximum absolute atomic E-state index is 11.9. The van der Waals surface area contributed by atoms with E-state index in [4.69, 9.17) is 11.5 Å². The number of nitrogens with zero attached hydrogens (tertiary/aromatic N) is 1. The van der Waals surface area contributed by atoms with Crippen molar-refractivity contribution in [3.8, 4) is 12.3 Å². The largest absolute Gasteiger partial charge is 0.480 e. The van der Waals surface area contributed by atoms with E-state index in [9.17, 15) is 9.59 Å². The van der Waals surface area contributed by atoms with Crippen molar-refractivity contribution in [1.29, 1.82) is 0 Å². The topological polar surface area (TPSA) is 69.6 Å². The van der Waals surface area contributed by atoms with Gasteiger partial charge in [0.25, 0.3) is 0 Å². The van der Waals surface area contributed by atoms with Gasteiger partial charge in [0, 0.05) is 19.0 Å². The first-order valence-corrected chi connectivity index (χ1v) is 6.35. The van der Waals surface area contributed by atoms with Crippen molar-refractivity contribution in [3.63, 3.8) is 0 Å². The lowest BCUT2D eigenvalue weighted by Gasteiger charge is -2.27. The number of unbranched alkanes of at least 4 members (excludes halogenated alkanes) is 1. The summed E-state index contributed by atoms with van der Waals surface area (Å²) in [5.74, 6) is 1.53. The third kappa shape index (κ3) is 4.66. The van der Waals surface area contributed by atoms with Gasteiger partial charge < -0.3 is 15.3 Å². The second-order valence-corrected chi connectivity index (χ2v) is 4.50. The van der Waals surface area contributed by atoms with E-state index in [-0.39, 0.29) is 18.6 Å². The van der Waals surface area contributed by atoms with E-state index < -0.39 is 5.97 Å². The third-order valence-electron chi connectivity index (χ3n) is 3.11. The number of carboxylic acids is 1. The summed E-state index contributed by atoms with van der Waals surface area (Å²) in [6.07, 6.45) is 10.4. The van der Waals surface area contributed by atoms with Gasteiger partial charge in [0.1, 0.15) is 6.54 Å². The molecule has 0 aliphatic heterocycles. The Hall–Kier alpha value is -1.70. The molecule has 1 aliphatic carbocycles. The smallest absolute Gasteiger partial charge is 0.323 e. The van der Waals surface area contributed by atoms with Gasteiger partial charge in [0.05, 0.1) is 0 Å². The first-order chi connectivity index (χ1) is 8.65. The molecular formula is C13H20N2O3. The number of hydrogen-bond donors (Lipinski definition) is 2. The summed E-state index contributed by atoms with van der Waals surface area (Å²) in [6.45, 7) is 0.261. The van der Waals surface area contributed by atoms with Gasteiger partial charge in [-0.3, -0.25) is 4.79 Å². The van der Waals surface area contributed by atoms with Crippen LogP contribution in [-0.2, 0) is 4.79 Å². The zero-order valence-corrected chi connectivity index (χ0v) is 10.5. The highest BCUT2D eigenvalue weighted by Gasteiger charge is 2.27. The second kappa shape index (κ2) is 7.59. The van der Waals surface area contributed by atoms with Gasteiger partial charge >= 0.3 is 12.0 Å². The van der Waals surface area contributed by atoms with E-state index in [1.54, 1.807) is 0 Å². The molecule has 0 aromatic heterocycles. The van der Waals surface area contributed by atoms with Crippen molar-refractivity contribution >= 4 is 12.0 Å². The minimum Gasteiger partial charge on any atom is -0.480 e. The quantitative estimate of drug-likeness (QED) is 0.555. The third-order valence-corrected chi connectivity index (χ3v) is 3.11. The fourth-order valence-corrected chi connectivity index (χ4v) is 2.22. The lowest BCUT2D eigenvalue weighted by molar-refractivity contribution is -0.138. The van der Waals surface area contributed by atoms with Crippen molar-refractivity contribution in [3.05, 3.63) is 0 Å². The van der Waals surface area contributed by atoms with Crippen molar-refractivity contribution < 1.29 is 14.7 Å². The van der Waals surface area contributed by atoms with Crippen LogP contribution in [0.3, 0.4) is 0 Å². The molecule has 0 atom stereocenters. The summed E-state index contributed by atoms with van der Waals surface area (Å²) < 4.78 is 0. The van der Waals surface area contributed by atoms with E-state index >= 15 is 0 Å². The maximum atomic E-state index is 11.9. The van der Waals surface area contributed by atoms with Crippen molar-refractivity contribution in [2.45, 2.75) is 44.6 Å². The van der Waals surface area contributed by atoms with Crippen LogP contribution in [0, 0.1) is 12.3 Å². The molecule has 0 unspecified atom stereocenters. The molecule has 0 heterocycles. The molecule has 5 heteroatoms. The number of carbonyl (C=O) groups is 2. The van der Waals surface area contributed by atoms with Crippen LogP contribution >= 0.6 is 0 Å². The van der Waals surface area contributed by atoms with Gasteiger partial charge in [0.15, 0.2) is 0 Å². The standard InChI is InChI=1S/C13H20N2O3/c1-2-3-6-9-14-13(18)15(10-12(16)17)11-7-4-5-8-11/h1,11H,3-10H2,(H,14,18)(H,16,17). The lowest BCUT2D eigenvalue weighted by atomic mass is 10.2. The summed E-state index contributed by atoms with van der Waals surface area (Å²) >= 11 is 0. The Bertz CT molecular complexity index is 330. The summed E-state index contributed by atoms with van der Waals surface area (Å²) in [7, 11) is 0. The number of nitrogens with one attached hydrogen (secondary N) is 1. The molecule has 1 fully saturated rings. The van der Waals surface area contributed by atoms with Crippen LogP contribution in [0.2, 0.25) is 0 Å². The Morgan fingerprint density at radius 1 is 1.39 bits per heavy atom. The molecule has 1 rings (SSSR count). The van der Waals surface area contributed by atoms with Gasteiger partial charge in [-0.15, -0.1) is 12.3 Å². The van der Waals surface area contributed by atoms with E-state index in [2.05, 4.69) is 11.2 Å². The monoisotopic (exact) mass is 252 g/mol. The average molecular weight is 252 g/mol. The van der Waals surface area contributed by atoms with Gasteiger partial charge in [-0.25, -0.2) is 4.79 Å². The average Bonchev–Trinajstić information content (AvgIpc) is 2.84. The molecule has 1 aliphatic rings. The fourth-order valence-electron chi connectivity index (χ4n) is 2.22. The number of carbonyl (C=O) groups excluding carboxylic acids is 1. The summed E-state index contributed by atoms with van der Waals surface area (Å²) in [4.78, 5) is 24.2. The Morgan fingerprint density at radius 2 is 2.06 bits per heavy atom. The molecule has 5 nitrogen and oxygen atoms in total. The Labute approximate surface area is 108 Å². The minimum absolute atomic E-state index is 0.0636. The second-order valence-electron chi connectivity index (χ2n) is 4.50. The van der Waals surface area contributed by atoms with Crippen molar-refractivity contribution in [2.75, 3.05) is 13.1 Å². The number of amides is 2. The van der Waals surface area contributed by atoms with E-state index in [0.29, 0.717) is 19.4 Å². The molecule has 100 valence electrons. The highest BCUT2D eigenvalue weighted by Crippen LogP contribution is 2.23. The van der Waals surface area contributed by atoms with E-state index in [0.717, 1.165) is 25.7 Å². The van der Waals surface area contributed by atoms with Crippen LogP contribution in [0.15, 0.2) is 0 Å². The van der Waals surface area contributed by atoms with Gasteiger partial charge in [0.2, 0.25) is 0 Å². The number of rotatable bonds is 6. The van der Waals surface area contributed by atoms with E-state index in [1.807, 2.05) is 0 Å². The predicted octanol–water partition coefficient (Wildman–Crippen LogP) is 1.44. The molecular weight excluding hydrogens is 232 g/mol. The first kappa shape index (κ1) is 14.4. The van der Waals surface area contributed by atoms with Crippen molar-refractivity contribution in [2.24, 2.45) is 0 Å². The van der Waals surface area contributed by atoms with E-state index in [1.165, 1.54) is 4.90 Å². The molecule has 0 aromatic carbocycles. The van der Waals surface area contributed by atoms with Crippen LogP contribution in [0.1, 0.15) is 38.5 Å². The number of aliphatic carboxylic acids is 1. The number of terminal acetylenes is 1. The molecule has 0 saturated heterocycles. The molecule has 0 aromatic rings. The van der Waals surface area contributed by atoms with Crippen LogP contribution in [0.25, 0.3) is 0 Å². The summed E-state index contributed by atoms with van der Waals surface area (Å²) in [5.41, 5.74) is 0. The zero-order chi connectivity index (χ0) is 13.4. The molecule has 18 heavy (non-hydrogen) atoms. The Kier molecular flexibility index (Phi) is 6.06. The molecule has 1 saturated carbocycles. The molecule has 0 radical (unpaired) electrons. The number of hydrogen-bond acceptors (Lipinski definition) is 2. The highest BCUT2D eigenvalue weighted by atomic mass is 16.4. The van der Waals surface area contributed by atoms with Crippen LogP contribution in [-0.4, -0.2) is 41.1 Å². The molecule has 0 bridgehead atoms. The Balaban J connectivity index is 2.45. The van der Waals surface area contributed by atoms with Crippen molar-refractivity contribution in [1.82, 2.24) is 10.2 Å². The van der Waals surface area contributed by atoms with Crippen LogP contribution < -0.4 is 5.32 Å². The maximum Gasteiger partial charge on any atom is 0.323 e. The minimum atomic E-state index is -0.972. The van der Waals surface area contributed by atoms with Crippen LogP contribution in [0.4, 0.5) is 4.79 Å². The molecule has 2 amide bonds. The van der Waals surface area contributed by atoms with Gasteiger partial charge in [-0.2, -0.15) is 0 Å². The predicted molar refractivity (Wildman–Crippen MR) is 68.1 cm³/mol. The first-order valence-electron chi connectivity index (χ1n) is 6.35.